The Kier molecular flexibility index (Phi) is 3.25. The molecule has 2 saturated heterocycles. The first-order valence-corrected chi connectivity index (χ1v) is 7.40. The zero-order valence-corrected chi connectivity index (χ0v) is 11.2. The van der Waals surface area contributed by atoms with E-state index in [0.29, 0.717) is 18.9 Å². The average molecular weight is 266 g/mol. The highest BCUT2D eigenvalue weighted by molar-refractivity contribution is 6.02. The molecule has 2 N–H and O–H groups in total. The second kappa shape index (κ2) is 4.78. The van der Waals surface area contributed by atoms with Crippen molar-refractivity contribution in [3.05, 3.63) is 0 Å². The predicted octanol–water partition coefficient (Wildman–Crippen LogP) is 0.984. The van der Waals surface area contributed by atoms with E-state index in [1.807, 2.05) is 0 Å². The van der Waals surface area contributed by atoms with Gasteiger partial charge in [0.1, 0.15) is 5.41 Å². The molecule has 3 rings (SSSR count). The number of aliphatic carboxylic acids is 1. The van der Waals surface area contributed by atoms with Crippen LogP contribution >= 0.6 is 0 Å². The number of hydrogen-bond donors (Lipinski definition) is 2. The van der Waals surface area contributed by atoms with Gasteiger partial charge in [0.15, 0.2) is 0 Å². The molecule has 2 aliphatic heterocycles. The maximum Gasteiger partial charge on any atom is 0.319 e. The zero-order valence-electron chi connectivity index (χ0n) is 11.2. The van der Waals surface area contributed by atoms with E-state index < -0.39 is 11.4 Å². The number of fused-ring (bicyclic) bond motifs is 1. The van der Waals surface area contributed by atoms with E-state index in [2.05, 4.69) is 10.2 Å². The molecular formula is C14H22N2O3. The Balaban J connectivity index is 1.59. The lowest BCUT2D eigenvalue weighted by molar-refractivity contribution is -0.162. The first-order chi connectivity index (χ1) is 9.12. The summed E-state index contributed by atoms with van der Waals surface area (Å²) in [5, 5.41) is 12.3. The number of piperidine rings is 1. The van der Waals surface area contributed by atoms with E-state index in [-0.39, 0.29) is 11.9 Å². The van der Waals surface area contributed by atoms with Gasteiger partial charge in [0, 0.05) is 18.6 Å². The van der Waals surface area contributed by atoms with Crippen LogP contribution in [-0.4, -0.2) is 47.1 Å². The number of nitrogens with zero attached hydrogens (tertiary/aromatic N) is 1. The second-order valence-electron chi connectivity index (χ2n) is 6.27. The van der Waals surface area contributed by atoms with Crippen LogP contribution in [0.25, 0.3) is 0 Å². The van der Waals surface area contributed by atoms with Crippen molar-refractivity contribution in [1.29, 1.82) is 0 Å². The number of carbonyl (C=O) groups is 2. The normalized spacial score (nSPS) is 33.3. The van der Waals surface area contributed by atoms with Gasteiger partial charge in [0.25, 0.3) is 0 Å². The van der Waals surface area contributed by atoms with Crippen LogP contribution in [0.15, 0.2) is 0 Å². The van der Waals surface area contributed by atoms with Gasteiger partial charge >= 0.3 is 5.97 Å². The number of carboxylic acids is 1. The Hall–Kier alpha value is -1.10. The molecule has 0 spiro atoms. The van der Waals surface area contributed by atoms with Crippen molar-refractivity contribution in [2.24, 2.45) is 5.41 Å². The molecular weight excluding hydrogens is 244 g/mol. The fourth-order valence-electron chi connectivity index (χ4n) is 3.75. The monoisotopic (exact) mass is 266 g/mol. The number of carbonyl (C=O) groups excluding carboxylic acids is 1. The van der Waals surface area contributed by atoms with Crippen LogP contribution in [0.3, 0.4) is 0 Å². The molecule has 2 heterocycles. The number of hydrogen-bond acceptors (Lipinski definition) is 3. The summed E-state index contributed by atoms with van der Waals surface area (Å²) in [4.78, 5) is 26.0. The van der Waals surface area contributed by atoms with E-state index in [1.54, 1.807) is 0 Å². The van der Waals surface area contributed by atoms with Crippen molar-refractivity contribution in [3.8, 4) is 0 Å². The van der Waals surface area contributed by atoms with E-state index in [9.17, 15) is 14.7 Å². The van der Waals surface area contributed by atoms with Gasteiger partial charge in [-0.2, -0.15) is 0 Å². The molecule has 2 atom stereocenters. The summed E-state index contributed by atoms with van der Waals surface area (Å²) in [6.07, 6.45) is 6.26. The third-order valence-electron chi connectivity index (χ3n) is 5.21. The molecule has 19 heavy (non-hydrogen) atoms. The lowest BCUT2D eigenvalue weighted by atomic mass is 9.68. The molecule has 5 heteroatoms. The molecule has 5 nitrogen and oxygen atoms in total. The van der Waals surface area contributed by atoms with E-state index >= 15 is 0 Å². The highest BCUT2D eigenvalue weighted by atomic mass is 16.4. The summed E-state index contributed by atoms with van der Waals surface area (Å²) in [6, 6.07) is 0.768. The lowest BCUT2D eigenvalue weighted by Crippen LogP contribution is -2.55. The largest absolute Gasteiger partial charge is 0.480 e. The summed E-state index contributed by atoms with van der Waals surface area (Å²) in [5.41, 5.74) is -1.12. The Morgan fingerprint density at radius 2 is 1.95 bits per heavy atom. The van der Waals surface area contributed by atoms with Crippen LogP contribution in [0.1, 0.15) is 44.9 Å². The van der Waals surface area contributed by atoms with Crippen LogP contribution in [-0.2, 0) is 9.59 Å². The van der Waals surface area contributed by atoms with Crippen molar-refractivity contribution < 1.29 is 14.7 Å². The molecule has 0 radical (unpaired) electrons. The fraction of sp³-hybridized carbons (Fsp3) is 0.857. The number of rotatable bonds is 3. The summed E-state index contributed by atoms with van der Waals surface area (Å²) < 4.78 is 0. The molecule has 1 aliphatic carbocycles. The first kappa shape index (κ1) is 12.9. The highest BCUT2D eigenvalue weighted by Crippen LogP contribution is 2.41. The number of nitrogens with one attached hydrogen (secondary N) is 1. The molecule has 0 aromatic heterocycles. The van der Waals surface area contributed by atoms with Gasteiger partial charge in [-0.05, 0) is 45.1 Å². The van der Waals surface area contributed by atoms with Crippen LogP contribution in [0, 0.1) is 5.41 Å². The first-order valence-electron chi connectivity index (χ1n) is 7.40. The van der Waals surface area contributed by atoms with E-state index in [4.69, 9.17) is 0 Å². The molecule has 3 aliphatic rings. The fourth-order valence-corrected chi connectivity index (χ4v) is 3.75. The molecule has 1 amide bonds. The van der Waals surface area contributed by atoms with Gasteiger partial charge in [-0.25, -0.2) is 0 Å². The minimum absolute atomic E-state index is 0.170. The summed E-state index contributed by atoms with van der Waals surface area (Å²) >= 11 is 0. The van der Waals surface area contributed by atoms with Crippen molar-refractivity contribution in [2.75, 3.05) is 13.1 Å². The van der Waals surface area contributed by atoms with E-state index in [0.717, 1.165) is 25.8 Å². The summed E-state index contributed by atoms with van der Waals surface area (Å²) in [5.74, 6) is -1.20. The molecule has 0 aromatic rings. The topological polar surface area (TPSA) is 69.6 Å². The zero-order chi connectivity index (χ0) is 13.5. The second-order valence-corrected chi connectivity index (χ2v) is 6.27. The van der Waals surface area contributed by atoms with Gasteiger partial charge in [0.2, 0.25) is 5.91 Å². The van der Waals surface area contributed by atoms with Crippen LogP contribution in [0.4, 0.5) is 0 Å². The Labute approximate surface area is 113 Å². The van der Waals surface area contributed by atoms with Crippen LogP contribution < -0.4 is 5.32 Å². The van der Waals surface area contributed by atoms with Crippen molar-refractivity contribution in [2.45, 2.75) is 57.0 Å². The van der Waals surface area contributed by atoms with Gasteiger partial charge in [-0.1, -0.05) is 6.42 Å². The highest BCUT2D eigenvalue weighted by Gasteiger charge is 2.51. The smallest absolute Gasteiger partial charge is 0.319 e. The van der Waals surface area contributed by atoms with Gasteiger partial charge in [-0.15, -0.1) is 0 Å². The molecule has 1 saturated carbocycles. The van der Waals surface area contributed by atoms with Gasteiger partial charge in [0.05, 0.1) is 0 Å². The Bertz CT molecular complexity index is 392. The molecule has 0 aromatic carbocycles. The molecule has 3 fully saturated rings. The van der Waals surface area contributed by atoms with Gasteiger partial charge in [-0.3, -0.25) is 9.59 Å². The van der Waals surface area contributed by atoms with Gasteiger partial charge < -0.3 is 15.3 Å². The predicted molar refractivity (Wildman–Crippen MR) is 69.7 cm³/mol. The minimum Gasteiger partial charge on any atom is -0.480 e. The van der Waals surface area contributed by atoms with E-state index in [1.165, 1.54) is 19.4 Å². The Morgan fingerprint density at radius 3 is 2.58 bits per heavy atom. The summed E-state index contributed by atoms with van der Waals surface area (Å²) in [7, 11) is 0. The quantitative estimate of drug-likeness (QED) is 0.747. The summed E-state index contributed by atoms with van der Waals surface area (Å²) in [6.45, 7) is 2.22. The van der Waals surface area contributed by atoms with Crippen molar-refractivity contribution >= 4 is 11.9 Å². The lowest BCUT2D eigenvalue weighted by Gasteiger charge is -2.40. The molecule has 2 unspecified atom stereocenters. The maximum absolute atomic E-state index is 12.2. The van der Waals surface area contributed by atoms with Crippen LogP contribution in [0.5, 0.6) is 0 Å². The molecule has 0 bridgehead atoms. The van der Waals surface area contributed by atoms with Crippen molar-refractivity contribution in [1.82, 2.24) is 10.2 Å². The maximum atomic E-state index is 12.2. The number of amides is 1. The van der Waals surface area contributed by atoms with Crippen molar-refractivity contribution in [3.63, 3.8) is 0 Å². The standard InChI is InChI=1S/C14H22N2O3/c17-12(14(13(18)19)5-2-6-14)15-10-4-8-16-7-1-3-11(16)9-10/h10-11H,1-9H2,(H,15,17)(H,18,19). The third-order valence-corrected chi connectivity index (χ3v) is 5.21. The average Bonchev–Trinajstić information content (AvgIpc) is 2.73. The minimum atomic E-state index is -1.12. The molecule has 106 valence electrons. The van der Waals surface area contributed by atoms with Crippen LogP contribution in [0.2, 0.25) is 0 Å². The number of carboxylic acid groups (broad SMARTS) is 1. The third kappa shape index (κ3) is 2.14. The Morgan fingerprint density at radius 1 is 1.16 bits per heavy atom. The SMILES string of the molecule is O=C(O)C1(C(=O)NC2CCN3CCCC3C2)CCC1.